The first-order valence-electron chi connectivity index (χ1n) is 4.49. The fourth-order valence-corrected chi connectivity index (χ4v) is 1.70. The molecule has 2 aromatic rings. The predicted octanol–water partition coefficient (Wildman–Crippen LogP) is 2.32. The molecule has 0 fully saturated rings. The molecule has 0 spiro atoms. The zero-order valence-electron chi connectivity index (χ0n) is 8.15. The van der Waals surface area contributed by atoms with Gasteiger partial charge < -0.3 is 4.57 Å². The first-order chi connectivity index (χ1) is 6.20. The lowest BCUT2D eigenvalue weighted by atomic mass is 10.3. The molecule has 0 amide bonds. The van der Waals surface area contributed by atoms with Gasteiger partial charge in [-0.25, -0.2) is 9.97 Å². The first-order valence-corrected chi connectivity index (χ1v) is 4.49. The maximum Gasteiger partial charge on any atom is 0.177 e. The summed E-state index contributed by atoms with van der Waals surface area (Å²) in [5.41, 5.74) is 1.96. The van der Waals surface area contributed by atoms with Crippen LogP contribution >= 0.6 is 0 Å². The molecule has 0 aliphatic carbocycles. The van der Waals surface area contributed by atoms with Crippen molar-refractivity contribution in [1.82, 2.24) is 14.5 Å². The molecule has 0 unspecified atom stereocenters. The van der Waals surface area contributed by atoms with Crippen LogP contribution in [0.1, 0.15) is 25.7 Å². The summed E-state index contributed by atoms with van der Waals surface area (Å²) in [7, 11) is 0. The standard InChI is InChI=1S/C10H13N3/c1-7(2)13-8(3)12-10-9(13)5-4-6-11-10/h4-7H,1-3H3. The van der Waals surface area contributed by atoms with Crippen molar-refractivity contribution in [3.63, 3.8) is 0 Å². The number of aromatic nitrogens is 3. The van der Waals surface area contributed by atoms with E-state index in [1.54, 1.807) is 6.20 Å². The van der Waals surface area contributed by atoms with Crippen LogP contribution in [0.2, 0.25) is 0 Å². The molecule has 0 N–H and O–H groups in total. The Morgan fingerprint density at radius 3 is 2.85 bits per heavy atom. The van der Waals surface area contributed by atoms with E-state index >= 15 is 0 Å². The van der Waals surface area contributed by atoms with Crippen LogP contribution in [0.4, 0.5) is 0 Å². The smallest absolute Gasteiger partial charge is 0.177 e. The van der Waals surface area contributed by atoms with Gasteiger partial charge in [-0.3, -0.25) is 0 Å². The minimum Gasteiger partial charge on any atom is -0.324 e. The second-order valence-corrected chi connectivity index (χ2v) is 3.47. The molecule has 0 aliphatic rings. The maximum absolute atomic E-state index is 4.39. The van der Waals surface area contributed by atoms with Crippen LogP contribution in [0.5, 0.6) is 0 Å². The SMILES string of the molecule is Cc1nc2ncccc2n1C(C)C. The van der Waals surface area contributed by atoms with Gasteiger partial charge in [0, 0.05) is 12.2 Å². The Morgan fingerprint density at radius 2 is 2.15 bits per heavy atom. The molecule has 0 aromatic carbocycles. The number of imidazole rings is 1. The summed E-state index contributed by atoms with van der Waals surface area (Å²) in [6.07, 6.45) is 1.78. The van der Waals surface area contributed by atoms with E-state index in [-0.39, 0.29) is 0 Å². The van der Waals surface area contributed by atoms with Crippen molar-refractivity contribution in [3.8, 4) is 0 Å². The van der Waals surface area contributed by atoms with E-state index in [4.69, 9.17) is 0 Å². The molecule has 0 aliphatic heterocycles. The van der Waals surface area contributed by atoms with E-state index in [9.17, 15) is 0 Å². The third kappa shape index (κ3) is 1.20. The number of fused-ring (bicyclic) bond motifs is 1. The summed E-state index contributed by atoms with van der Waals surface area (Å²) >= 11 is 0. The largest absolute Gasteiger partial charge is 0.324 e. The lowest BCUT2D eigenvalue weighted by molar-refractivity contribution is 0.600. The van der Waals surface area contributed by atoms with Crippen molar-refractivity contribution in [2.45, 2.75) is 26.8 Å². The van der Waals surface area contributed by atoms with Crippen LogP contribution in [0, 0.1) is 6.92 Å². The van der Waals surface area contributed by atoms with Gasteiger partial charge in [0.1, 0.15) is 5.82 Å². The fourth-order valence-electron chi connectivity index (χ4n) is 1.70. The minimum atomic E-state index is 0.439. The van der Waals surface area contributed by atoms with E-state index in [2.05, 4.69) is 34.4 Å². The molecule has 0 saturated carbocycles. The Balaban J connectivity index is 2.78. The van der Waals surface area contributed by atoms with Crippen molar-refractivity contribution in [3.05, 3.63) is 24.2 Å². The monoisotopic (exact) mass is 175 g/mol. The van der Waals surface area contributed by atoms with Crippen LogP contribution in [-0.4, -0.2) is 14.5 Å². The highest BCUT2D eigenvalue weighted by atomic mass is 15.1. The van der Waals surface area contributed by atoms with Gasteiger partial charge in [-0.05, 0) is 32.9 Å². The number of nitrogens with zero attached hydrogens (tertiary/aromatic N) is 3. The first kappa shape index (κ1) is 8.23. The van der Waals surface area contributed by atoms with E-state index in [1.807, 2.05) is 13.0 Å². The molecule has 0 radical (unpaired) electrons. The molecule has 3 nitrogen and oxygen atoms in total. The van der Waals surface area contributed by atoms with E-state index in [0.29, 0.717) is 6.04 Å². The minimum absolute atomic E-state index is 0.439. The highest BCUT2D eigenvalue weighted by Gasteiger charge is 2.09. The molecule has 13 heavy (non-hydrogen) atoms. The molecule has 0 atom stereocenters. The number of aryl methyl sites for hydroxylation is 1. The van der Waals surface area contributed by atoms with Crippen LogP contribution in [-0.2, 0) is 0 Å². The molecule has 2 aromatic heterocycles. The van der Waals surface area contributed by atoms with E-state index in [1.165, 1.54) is 0 Å². The third-order valence-electron chi connectivity index (χ3n) is 2.16. The van der Waals surface area contributed by atoms with Crippen LogP contribution in [0.25, 0.3) is 11.2 Å². The summed E-state index contributed by atoms with van der Waals surface area (Å²) in [5, 5.41) is 0. The van der Waals surface area contributed by atoms with Crippen LogP contribution in [0.15, 0.2) is 18.3 Å². The van der Waals surface area contributed by atoms with Gasteiger partial charge in [-0.2, -0.15) is 0 Å². The van der Waals surface area contributed by atoms with Gasteiger partial charge in [0.15, 0.2) is 5.65 Å². The van der Waals surface area contributed by atoms with Crippen molar-refractivity contribution >= 4 is 11.2 Å². The highest BCUT2D eigenvalue weighted by Crippen LogP contribution is 2.18. The third-order valence-corrected chi connectivity index (χ3v) is 2.16. The Morgan fingerprint density at radius 1 is 1.38 bits per heavy atom. The normalized spacial score (nSPS) is 11.4. The molecular formula is C10H13N3. The number of rotatable bonds is 1. The van der Waals surface area contributed by atoms with Crippen molar-refractivity contribution in [2.24, 2.45) is 0 Å². The maximum atomic E-state index is 4.39. The zero-order chi connectivity index (χ0) is 9.42. The highest BCUT2D eigenvalue weighted by molar-refractivity contribution is 5.71. The molecule has 0 saturated heterocycles. The summed E-state index contributed by atoms with van der Waals surface area (Å²) in [5.74, 6) is 1.03. The van der Waals surface area contributed by atoms with Gasteiger partial charge >= 0.3 is 0 Å². The van der Waals surface area contributed by atoms with Crippen molar-refractivity contribution in [1.29, 1.82) is 0 Å². The van der Waals surface area contributed by atoms with Gasteiger partial charge in [0.2, 0.25) is 0 Å². The molecule has 2 heterocycles. The molecule has 0 bridgehead atoms. The molecule has 2 rings (SSSR count). The Kier molecular flexibility index (Phi) is 1.79. The van der Waals surface area contributed by atoms with Crippen molar-refractivity contribution < 1.29 is 0 Å². The van der Waals surface area contributed by atoms with E-state index < -0.39 is 0 Å². The van der Waals surface area contributed by atoms with E-state index in [0.717, 1.165) is 17.0 Å². The average Bonchev–Trinajstić information content (AvgIpc) is 2.39. The quantitative estimate of drug-likeness (QED) is 0.666. The summed E-state index contributed by atoms with van der Waals surface area (Å²) < 4.78 is 2.20. The van der Waals surface area contributed by atoms with Gasteiger partial charge in [0.25, 0.3) is 0 Å². The zero-order valence-corrected chi connectivity index (χ0v) is 8.15. The van der Waals surface area contributed by atoms with Gasteiger partial charge in [0.05, 0.1) is 5.52 Å². The summed E-state index contributed by atoms with van der Waals surface area (Å²) in [4.78, 5) is 8.60. The van der Waals surface area contributed by atoms with Gasteiger partial charge in [-0.1, -0.05) is 0 Å². The number of hydrogen-bond donors (Lipinski definition) is 0. The lowest BCUT2D eigenvalue weighted by Gasteiger charge is -2.09. The van der Waals surface area contributed by atoms with Crippen LogP contribution in [0.3, 0.4) is 0 Å². The second-order valence-electron chi connectivity index (χ2n) is 3.47. The molecule has 68 valence electrons. The van der Waals surface area contributed by atoms with Gasteiger partial charge in [-0.15, -0.1) is 0 Å². The Hall–Kier alpha value is -1.38. The Bertz CT molecular complexity index is 429. The average molecular weight is 175 g/mol. The fraction of sp³-hybridized carbons (Fsp3) is 0.400. The number of pyridine rings is 1. The summed E-state index contributed by atoms with van der Waals surface area (Å²) in [6.45, 7) is 6.32. The van der Waals surface area contributed by atoms with Crippen molar-refractivity contribution in [2.75, 3.05) is 0 Å². The molecular weight excluding hydrogens is 162 g/mol. The number of hydrogen-bond acceptors (Lipinski definition) is 2. The Labute approximate surface area is 77.4 Å². The second kappa shape index (κ2) is 2.83. The predicted molar refractivity (Wildman–Crippen MR) is 52.7 cm³/mol. The molecule has 3 heteroatoms. The lowest BCUT2D eigenvalue weighted by Crippen LogP contribution is -2.02. The topological polar surface area (TPSA) is 30.7 Å². The van der Waals surface area contributed by atoms with Crippen LogP contribution < -0.4 is 0 Å². The summed E-state index contributed by atoms with van der Waals surface area (Å²) in [6, 6.07) is 4.44.